The summed E-state index contributed by atoms with van der Waals surface area (Å²) in [6.45, 7) is 1.91. The van der Waals surface area contributed by atoms with E-state index >= 15 is 0 Å². The van der Waals surface area contributed by atoms with Crippen LogP contribution in [-0.2, 0) is 18.2 Å². The number of aromatic nitrogens is 2. The molecule has 6 heteroatoms. The van der Waals surface area contributed by atoms with E-state index in [2.05, 4.69) is 5.10 Å². The Morgan fingerprint density at radius 3 is 3.00 bits per heavy atom. The van der Waals surface area contributed by atoms with Crippen molar-refractivity contribution in [3.8, 4) is 0 Å². The lowest BCUT2D eigenvalue weighted by Crippen LogP contribution is -2.27. The Hall–Kier alpha value is -1.40. The van der Waals surface area contributed by atoms with Crippen LogP contribution in [0.15, 0.2) is 6.20 Å². The summed E-state index contributed by atoms with van der Waals surface area (Å²) in [4.78, 5) is 11.5. The van der Waals surface area contributed by atoms with E-state index in [1.807, 2.05) is 0 Å². The highest BCUT2D eigenvalue weighted by atomic mass is 16.5. The van der Waals surface area contributed by atoms with Crippen LogP contribution in [0.2, 0.25) is 0 Å². The van der Waals surface area contributed by atoms with Crippen LogP contribution in [-0.4, -0.2) is 40.1 Å². The number of hydrogen-bond acceptors (Lipinski definition) is 5. The molecule has 0 aromatic carbocycles. The van der Waals surface area contributed by atoms with E-state index in [1.165, 1.54) is 4.68 Å². The lowest BCUT2D eigenvalue weighted by atomic mass is 10.1. The Kier molecular flexibility index (Phi) is 4.45. The van der Waals surface area contributed by atoms with Crippen LogP contribution in [0.4, 0.5) is 0 Å². The molecule has 0 fully saturated rings. The van der Waals surface area contributed by atoms with Crippen LogP contribution in [0, 0.1) is 0 Å². The molecule has 0 amide bonds. The van der Waals surface area contributed by atoms with Crippen molar-refractivity contribution in [3.63, 3.8) is 0 Å². The maximum Gasteiger partial charge on any atom is 0.359 e. The second kappa shape index (κ2) is 5.62. The highest BCUT2D eigenvalue weighted by Gasteiger charge is 2.18. The number of esters is 1. The van der Waals surface area contributed by atoms with Gasteiger partial charge in [0.25, 0.3) is 0 Å². The van der Waals surface area contributed by atoms with Gasteiger partial charge < -0.3 is 15.6 Å². The van der Waals surface area contributed by atoms with Gasteiger partial charge in [-0.1, -0.05) is 0 Å². The Morgan fingerprint density at radius 1 is 1.75 bits per heavy atom. The van der Waals surface area contributed by atoms with Gasteiger partial charge >= 0.3 is 5.97 Å². The molecule has 0 bridgehead atoms. The summed E-state index contributed by atoms with van der Waals surface area (Å²) in [5.41, 5.74) is 6.59. The zero-order chi connectivity index (χ0) is 12.1. The number of hydrogen-bond donors (Lipinski definition) is 2. The van der Waals surface area contributed by atoms with Gasteiger partial charge in [0.15, 0.2) is 5.69 Å². The minimum Gasteiger partial charge on any atom is -0.461 e. The van der Waals surface area contributed by atoms with E-state index in [0.717, 1.165) is 0 Å². The molecule has 1 rings (SSSR count). The zero-order valence-electron chi connectivity index (χ0n) is 9.51. The molecule has 1 unspecified atom stereocenters. The molecular formula is C10H17N3O3. The lowest BCUT2D eigenvalue weighted by Gasteiger charge is -2.07. The molecule has 0 aliphatic carbocycles. The topological polar surface area (TPSA) is 90.4 Å². The monoisotopic (exact) mass is 227 g/mol. The highest BCUT2D eigenvalue weighted by Crippen LogP contribution is 2.10. The van der Waals surface area contributed by atoms with E-state index in [0.29, 0.717) is 18.6 Å². The normalized spacial score (nSPS) is 12.5. The van der Waals surface area contributed by atoms with Crippen molar-refractivity contribution in [2.75, 3.05) is 13.2 Å². The smallest absolute Gasteiger partial charge is 0.359 e. The fraction of sp³-hybridized carbons (Fsp3) is 0.600. The molecule has 6 nitrogen and oxygen atoms in total. The van der Waals surface area contributed by atoms with Gasteiger partial charge in [-0.25, -0.2) is 4.79 Å². The molecule has 1 atom stereocenters. The third-order valence-electron chi connectivity index (χ3n) is 2.09. The van der Waals surface area contributed by atoms with Gasteiger partial charge in [-0.2, -0.15) is 5.10 Å². The summed E-state index contributed by atoms with van der Waals surface area (Å²) >= 11 is 0. The average Bonchev–Trinajstić information content (AvgIpc) is 2.59. The number of ether oxygens (including phenoxy) is 1. The van der Waals surface area contributed by atoms with E-state index in [-0.39, 0.29) is 12.3 Å². The summed E-state index contributed by atoms with van der Waals surface area (Å²) in [5.74, 6) is -0.455. The Morgan fingerprint density at radius 2 is 2.44 bits per heavy atom. The number of carbonyl (C=O) groups excluding carboxylic acids is 1. The Labute approximate surface area is 94.0 Å². The van der Waals surface area contributed by atoms with Crippen molar-refractivity contribution in [3.05, 3.63) is 17.5 Å². The number of aliphatic hydroxyl groups is 1. The van der Waals surface area contributed by atoms with Crippen LogP contribution in [0.5, 0.6) is 0 Å². The standard InChI is InChI=1S/C10H17N3O3/c1-3-16-10(15)9-7(4-8(11)6-14)5-13(2)12-9/h5,8,14H,3-4,6,11H2,1-2H3. The van der Waals surface area contributed by atoms with Crippen LogP contribution < -0.4 is 5.73 Å². The predicted molar refractivity (Wildman–Crippen MR) is 57.9 cm³/mol. The maximum absolute atomic E-state index is 11.5. The number of rotatable bonds is 5. The summed E-state index contributed by atoms with van der Waals surface area (Å²) in [6, 6.07) is -0.391. The van der Waals surface area contributed by atoms with Crippen LogP contribution in [0.1, 0.15) is 23.0 Å². The van der Waals surface area contributed by atoms with Gasteiger partial charge in [-0.3, -0.25) is 4.68 Å². The van der Waals surface area contributed by atoms with Gasteiger partial charge in [0.1, 0.15) is 0 Å². The molecule has 0 saturated heterocycles. The Bertz CT molecular complexity index is 362. The average molecular weight is 227 g/mol. The number of aryl methyl sites for hydroxylation is 1. The fourth-order valence-corrected chi connectivity index (χ4v) is 1.41. The second-order valence-corrected chi connectivity index (χ2v) is 3.54. The predicted octanol–water partition coefficient (Wildman–Crippen LogP) is -0.541. The van der Waals surface area contributed by atoms with E-state index < -0.39 is 12.0 Å². The molecule has 90 valence electrons. The molecule has 1 aromatic rings. The first-order valence-corrected chi connectivity index (χ1v) is 5.14. The third-order valence-corrected chi connectivity index (χ3v) is 2.09. The molecule has 0 aliphatic rings. The van der Waals surface area contributed by atoms with Crippen LogP contribution >= 0.6 is 0 Å². The summed E-state index contributed by atoms with van der Waals surface area (Å²) in [6.07, 6.45) is 2.11. The van der Waals surface area contributed by atoms with Crippen molar-refractivity contribution < 1.29 is 14.6 Å². The summed E-state index contributed by atoms with van der Waals surface area (Å²) < 4.78 is 6.41. The third kappa shape index (κ3) is 3.04. The number of nitrogens with two attached hydrogens (primary N) is 1. The van der Waals surface area contributed by atoms with E-state index in [1.54, 1.807) is 20.2 Å². The lowest BCUT2D eigenvalue weighted by molar-refractivity contribution is 0.0517. The van der Waals surface area contributed by atoms with Gasteiger partial charge in [-0.05, 0) is 13.3 Å². The minimum atomic E-state index is -0.455. The van der Waals surface area contributed by atoms with E-state index in [9.17, 15) is 4.79 Å². The first kappa shape index (κ1) is 12.7. The van der Waals surface area contributed by atoms with Gasteiger partial charge in [0.2, 0.25) is 0 Å². The van der Waals surface area contributed by atoms with Gasteiger partial charge in [-0.15, -0.1) is 0 Å². The zero-order valence-corrected chi connectivity index (χ0v) is 9.51. The van der Waals surface area contributed by atoms with Crippen molar-refractivity contribution in [2.45, 2.75) is 19.4 Å². The number of nitrogens with zero attached hydrogens (tertiary/aromatic N) is 2. The van der Waals surface area contributed by atoms with Crippen molar-refractivity contribution in [2.24, 2.45) is 12.8 Å². The number of aliphatic hydroxyl groups excluding tert-OH is 1. The SMILES string of the molecule is CCOC(=O)c1nn(C)cc1CC(N)CO. The van der Waals surface area contributed by atoms with Crippen LogP contribution in [0.25, 0.3) is 0 Å². The number of carbonyl (C=O) groups is 1. The molecule has 0 spiro atoms. The summed E-state index contributed by atoms with van der Waals surface area (Å²) in [5, 5.41) is 12.9. The fourth-order valence-electron chi connectivity index (χ4n) is 1.41. The first-order valence-electron chi connectivity index (χ1n) is 5.14. The molecule has 0 saturated carbocycles. The molecule has 3 N–H and O–H groups in total. The van der Waals surface area contributed by atoms with Gasteiger partial charge in [0, 0.05) is 24.8 Å². The molecule has 0 aliphatic heterocycles. The minimum absolute atomic E-state index is 0.128. The Balaban J connectivity index is 2.86. The van der Waals surface area contributed by atoms with Crippen molar-refractivity contribution in [1.82, 2.24) is 9.78 Å². The molecule has 16 heavy (non-hydrogen) atoms. The highest BCUT2D eigenvalue weighted by molar-refractivity contribution is 5.88. The van der Waals surface area contributed by atoms with Crippen molar-refractivity contribution in [1.29, 1.82) is 0 Å². The van der Waals surface area contributed by atoms with Crippen molar-refractivity contribution >= 4 is 5.97 Å². The summed E-state index contributed by atoms with van der Waals surface area (Å²) in [7, 11) is 1.72. The van der Waals surface area contributed by atoms with E-state index in [4.69, 9.17) is 15.6 Å². The molecule has 1 aromatic heterocycles. The molecular weight excluding hydrogens is 210 g/mol. The van der Waals surface area contributed by atoms with Gasteiger partial charge in [0.05, 0.1) is 13.2 Å². The first-order chi connectivity index (χ1) is 7.58. The molecule has 0 radical (unpaired) electrons. The second-order valence-electron chi connectivity index (χ2n) is 3.54. The maximum atomic E-state index is 11.5. The van der Waals surface area contributed by atoms with Crippen LogP contribution in [0.3, 0.4) is 0 Å². The largest absolute Gasteiger partial charge is 0.461 e. The quantitative estimate of drug-likeness (QED) is 0.659. The molecule has 1 heterocycles.